The molecule has 1 heterocycles. The van der Waals surface area contributed by atoms with Crippen molar-refractivity contribution in [1.82, 2.24) is 4.98 Å². The molecule has 10 heteroatoms. The van der Waals surface area contributed by atoms with Crippen molar-refractivity contribution in [2.75, 3.05) is 12.4 Å². The van der Waals surface area contributed by atoms with Gasteiger partial charge in [-0.2, -0.15) is 8.78 Å². The number of methoxy groups -OCH3 is 1. The van der Waals surface area contributed by atoms with Crippen LogP contribution in [0.3, 0.4) is 0 Å². The molecule has 172 valence electrons. The monoisotopic (exact) mass is 474 g/mol. The third-order valence-corrected chi connectivity index (χ3v) is 5.04. The third-order valence-electron chi connectivity index (χ3n) is 4.28. The zero-order valence-corrected chi connectivity index (χ0v) is 18.5. The minimum atomic E-state index is -2.99. The number of nitrogens with one attached hydrogen (secondary N) is 1. The standard InChI is InChI=1S/C23H20F2N2O5S/c1-14(21(29)27-23-26-17(13-33-23)16-6-4-3-5-7-16)31-20(28)11-9-15-8-10-18(32-22(24)25)19(12-15)30-2/h3-14,22H,1-2H3,(H,26,27,29)/b11-9+. The van der Waals surface area contributed by atoms with Crippen LogP contribution >= 0.6 is 11.3 Å². The molecular weight excluding hydrogens is 454 g/mol. The van der Waals surface area contributed by atoms with Crippen molar-refractivity contribution < 1.29 is 32.6 Å². The topological polar surface area (TPSA) is 86.8 Å². The molecule has 0 saturated heterocycles. The van der Waals surface area contributed by atoms with Gasteiger partial charge in [0.15, 0.2) is 22.7 Å². The van der Waals surface area contributed by atoms with Crippen LogP contribution in [0.25, 0.3) is 17.3 Å². The largest absolute Gasteiger partial charge is 0.493 e. The third kappa shape index (κ3) is 6.84. The van der Waals surface area contributed by atoms with Gasteiger partial charge in [-0.05, 0) is 30.7 Å². The van der Waals surface area contributed by atoms with Gasteiger partial charge >= 0.3 is 12.6 Å². The van der Waals surface area contributed by atoms with E-state index in [1.807, 2.05) is 35.7 Å². The smallest absolute Gasteiger partial charge is 0.387 e. The Labute approximate surface area is 192 Å². The van der Waals surface area contributed by atoms with Gasteiger partial charge in [0.25, 0.3) is 5.91 Å². The molecule has 1 atom stereocenters. The second-order valence-electron chi connectivity index (χ2n) is 6.59. The molecule has 1 N–H and O–H groups in total. The van der Waals surface area contributed by atoms with Gasteiger partial charge in [-0.25, -0.2) is 9.78 Å². The lowest BCUT2D eigenvalue weighted by Gasteiger charge is -2.11. The van der Waals surface area contributed by atoms with Crippen LogP contribution in [-0.4, -0.2) is 36.7 Å². The summed E-state index contributed by atoms with van der Waals surface area (Å²) in [5.41, 5.74) is 2.13. The molecule has 1 unspecified atom stereocenters. The number of carbonyl (C=O) groups is 2. The fourth-order valence-electron chi connectivity index (χ4n) is 2.69. The molecule has 0 radical (unpaired) electrons. The summed E-state index contributed by atoms with van der Waals surface area (Å²) in [7, 11) is 1.31. The summed E-state index contributed by atoms with van der Waals surface area (Å²) < 4.78 is 39.3. The van der Waals surface area contributed by atoms with Gasteiger partial charge in [-0.1, -0.05) is 36.4 Å². The molecule has 1 aromatic heterocycles. The molecule has 1 amide bonds. The highest BCUT2D eigenvalue weighted by Gasteiger charge is 2.18. The van der Waals surface area contributed by atoms with Crippen molar-refractivity contribution in [2.24, 2.45) is 0 Å². The van der Waals surface area contributed by atoms with E-state index >= 15 is 0 Å². The van der Waals surface area contributed by atoms with Crippen molar-refractivity contribution in [1.29, 1.82) is 0 Å². The Kier molecular flexibility index (Phi) is 8.09. The Morgan fingerprint density at radius 3 is 2.58 bits per heavy atom. The number of halogens is 2. The van der Waals surface area contributed by atoms with Gasteiger partial charge in [0.1, 0.15) is 0 Å². The molecule has 3 aromatic rings. The van der Waals surface area contributed by atoms with Crippen LogP contribution in [0.5, 0.6) is 11.5 Å². The maximum atomic E-state index is 12.4. The molecule has 0 aliphatic heterocycles. The summed E-state index contributed by atoms with van der Waals surface area (Å²) in [6, 6.07) is 13.7. The first kappa shape index (κ1) is 23.9. The van der Waals surface area contributed by atoms with Gasteiger partial charge in [0, 0.05) is 17.0 Å². The number of thiazole rings is 1. The zero-order chi connectivity index (χ0) is 23.8. The van der Waals surface area contributed by atoms with Crippen LogP contribution in [0.4, 0.5) is 13.9 Å². The van der Waals surface area contributed by atoms with Crippen LogP contribution in [0, 0.1) is 0 Å². The highest BCUT2D eigenvalue weighted by molar-refractivity contribution is 7.14. The second-order valence-corrected chi connectivity index (χ2v) is 7.45. The van der Waals surface area contributed by atoms with E-state index in [-0.39, 0.29) is 11.5 Å². The molecular formula is C23H20F2N2O5S. The first-order chi connectivity index (χ1) is 15.9. The van der Waals surface area contributed by atoms with Crippen LogP contribution in [-0.2, 0) is 14.3 Å². The summed E-state index contributed by atoms with van der Waals surface area (Å²) in [5, 5.41) is 4.82. The summed E-state index contributed by atoms with van der Waals surface area (Å²) in [6.07, 6.45) is 1.44. The Morgan fingerprint density at radius 1 is 1.12 bits per heavy atom. The highest BCUT2D eigenvalue weighted by atomic mass is 32.1. The fraction of sp³-hybridized carbons (Fsp3) is 0.174. The number of esters is 1. The Bertz CT molecular complexity index is 1130. The number of amides is 1. The first-order valence-electron chi connectivity index (χ1n) is 9.69. The second kappa shape index (κ2) is 11.2. The normalized spacial score (nSPS) is 11.9. The number of aromatic nitrogens is 1. The Morgan fingerprint density at radius 2 is 1.88 bits per heavy atom. The van der Waals surface area contributed by atoms with Crippen LogP contribution < -0.4 is 14.8 Å². The molecule has 0 spiro atoms. The van der Waals surface area contributed by atoms with E-state index in [4.69, 9.17) is 9.47 Å². The summed E-state index contributed by atoms with van der Waals surface area (Å²) in [4.78, 5) is 28.8. The van der Waals surface area contributed by atoms with Crippen molar-refractivity contribution in [3.63, 3.8) is 0 Å². The predicted octanol–water partition coefficient (Wildman–Crippen LogP) is 5.00. The molecule has 0 saturated carbocycles. The van der Waals surface area contributed by atoms with Gasteiger partial charge in [-0.3, -0.25) is 10.1 Å². The van der Waals surface area contributed by atoms with Gasteiger partial charge in [-0.15, -0.1) is 11.3 Å². The average molecular weight is 474 g/mol. The van der Waals surface area contributed by atoms with Crippen molar-refractivity contribution in [2.45, 2.75) is 19.6 Å². The fourth-order valence-corrected chi connectivity index (χ4v) is 3.41. The summed E-state index contributed by atoms with van der Waals surface area (Å²) in [6.45, 7) is -1.55. The van der Waals surface area contributed by atoms with Crippen LogP contribution in [0.15, 0.2) is 60.0 Å². The van der Waals surface area contributed by atoms with E-state index in [1.165, 1.54) is 49.6 Å². The van der Waals surface area contributed by atoms with Gasteiger partial charge in [0.05, 0.1) is 12.8 Å². The molecule has 0 fully saturated rings. The number of alkyl halides is 2. The highest BCUT2D eigenvalue weighted by Crippen LogP contribution is 2.30. The zero-order valence-electron chi connectivity index (χ0n) is 17.7. The number of nitrogens with zero attached hydrogens (tertiary/aromatic N) is 1. The molecule has 3 rings (SSSR count). The molecule has 0 aliphatic rings. The van der Waals surface area contributed by atoms with E-state index in [1.54, 1.807) is 0 Å². The lowest BCUT2D eigenvalue weighted by Crippen LogP contribution is -2.29. The van der Waals surface area contributed by atoms with E-state index in [0.29, 0.717) is 10.7 Å². The maximum Gasteiger partial charge on any atom is 0.387 e. The molecule has 0 bridgehead atoms. The van der Waals surface area contributed by atoms with Crippen LogP contribution in [0.2, 0.25) is 0 Å². The molecule has 33 heavy (non-hydrogen) atoms. The van der Waals surface area contributed by atoms with Gasteiger partial charge < -0.3 is 14.2 Å². The van der Waals surface area contributed by atoms with Gasteiger partial charge in [0.2, 0.25) is 0 Å². The Balaban J connectivity index is 1.55. The van der Waals surface area contributed by atoms with Crippen molar-refractivity contribution >= 4 is 34.4 Å². The number of rotatable bonds is 9. The quantitative estimate of drug-likeness (QED) is 0.347. The lowest BCUT2D eigenvalue weighted by molar-refractivity contribution is -0.148. The van der Waals surface area contributed by atoms with E-state index < -0.39 is 24.6 Å². The number of hydrogen-bond acceptors (Lipinski definition) is 7. The summed E-state index contributed by atoms with van der Waals surface area (Å²) in [5.74, 6) is -1.33. The van der Waals surface area contributed by atoms with Crippen LogP contribution in [0.1, 0.15) is 12.5 Å². The van der Waals surface area contributed by atoms with E-state index in [9.17, 15) is 18.4 Å². The number of anilines is 1. The number of ether oxygens (including phenoxy) is 3. The predicted molar refractivity (Wildman–Crippen MR) is 120 cm³/mol. The minimum absolute atomic E-state index is 0.0804. The van der Waals surface area contributed by atoms with Crippen molar-refractivity contribution in [3.05, 3.63) is 65.6 Å². The molecule has 7 nitrogen and oxygen atoms in total. The first-order valence-corrected chi connectivity index (χ1v) is 10.6. The Hall–Kier alpha value is -3.79. The number of carbonyl (C=O) groups excluding carboxylic acids is 2. The van der Waals surface area contributed by atoms with E-state index in [2.05, 4.69) is 15.0 Å². The summed E-state index contributed by atoms with van der Waals surface area (Å²) >= 11 is 1.26. The SMILES string of the molecule is COc1cc(/C=C/C(=O)OC(C)C(=O)Nc2nc(-c3ccccc3)cs2)ccc1OC(F)F. The van der Waals surface area contributed by atoms with E-state index in [0.717, 1.165) is 17.3 Å². The number of benzene rings is 2. The minimum Gasteiger partial charge on any atom is -0.493 e. The molecule has 0 aliphatic carbocycles. The lowest BCUT2D eigenvalue weighted by atomic mass is 10.2. The maximum absolute atomic E-state index is 12.4. The number of hydrogen-bond donors (Lipinski definition) is 1. The van der Waals surface area contributed by atoms with Crippen molar-refractivity contribution in [3.8, 4) is 22.8 Å². The molecule has 2 aromatic carbocycles. The average Bonchev–Trinajstić information content (AvgIpc) is 3.27.